The lowest BCUT2D eigenvalue weighted by Gasteiger charge is -2.17. The zero-order chi connectivity index (χ0) is 12.1. The molecule has 5 heteroatoms. The molecule has 0 aromatic heterocycles. The summed E-state index contributed by atoms with van der Waals surface area (Å²) < 4.78 is 10.9. The molecule has 98 valence electrons. The molecule has 5 nitrogen and oxygen atoms in total. The topological polar surface area (TPSA) is 59.6 Å². The number of carbonyl (C=O) groups is 1. The Morgan fingerprint density at radius 1 is 1.47 bits per heavy atom. The van der Waals surface area contributed by atoms with E-state index in [2.05, 4.69) is 10.6 Å². The maximum atomic E-state index is 11.5. The van der Waals surface area contributed by atoms with Crippen LogP contribution in [-0.2, 0) is 14.3 Å². The fourth-order valence-electron chi connectivity index (χ4n) is 1.82. The van der Waals surface area contributed by atoms with Gasteiger partial charge >= 0.3 is 0 Å². The zero-order valence-electron chi connectivity index (χ0n) is 10.4. The minimum atomic E-state index is 0.0515. The van der Waals surface area contributed by atoms with Crippen molar-refractivity contribution in [3.63, 3.8) is 0 Å². The summed E-state index contributed by atoms with van der Waals surface area (Å²) in [5.41, 5.74) is 0. The number of nitrogens with one attached hydrogen (secondary N) is 2. The second kappa shape index (κ2) is 6.33. The summed E-state index contributed by atoms with van der Waals surface area (Å²) in [6, 6.07) is 0.632. The Labute approximate surface area is 102 Å². The van der Waals surface area contributed by atoms with Crippen LogP contribution in [0.2, 0.25) is 0 Å². The van der Waals surface area contributed by atoms with Crippen LogP contribution >= 0.6 is 0 Å². The van der Waals surface area contributed by atoms with Gasteiger partial charge in [-0.1, -0.05) is 0 Å². The SMILES string of the molecule is CC(COC1CCOC1)NC(=O)CNC1CC1. The Morgan fingerprint density at radius 3 is 2.94 bits per heavy atom. The normalized spacial score (nSPS) is 25.8. The van der Waals surface area contributed by atoms with E-state index in [9.17, 15) is 4.79 Å². The largest absolute Gasteiger partial charge is 0.379 e. The highest BCUT2D eigenvalue weighted by atomic mass is 16.5. The fraction of sp³-hybridized carbons (Fsp3) is 0.917. The van der Waals surface area contributed by atoms with Crippen LogP contribution in [0.15, 0.2) is 0 Å². The first kappa shape index (κ1) is 12.8. The van der Waals surface area contributed by atoms with Crippen LogP contribution in [0.5, 0.6) is 0 Å². The van der Waals surface area contributed by atoms with Crippen molar-refractivity contribution in [3.05, 3.63) is 0 Å². The Kier molecular flexibility index (Phi) is 4.76. The highest BCUT2D eigenvalue weighted by Gasteiger charge is 2.22. The van der Waals surface area contributed by atoms with Gasteiger partial charge in [0.25, 0.3) is 0 Å². The molecule has 1 saturated heterocycles. The van der Waals surface area contributed by atoms with E-state index >= 15 is 0 Å². The summed E-state index contributed by atoms with van der Waals surface area (Å²) >= 11 is 0. The maximum Gasteiger partial charge on any atom is 0.234 e. The molecule has 2 unspecified atom stereocenters. The molecule has 1 aliphatic heterocycles. The molecule has 2 aliphatic rings. The molecule has 1 heterocycles. The minimum Gasteiger partial charge on any atom is -0.379 e. The van der Waals surface area contributed by atoms with Crippen molar-refractivity contribution in [1.82, 2.24) is 10.6 Å². The highest BCUT2D eigenvalue weighted by molar-refractivity contribution is 5.78. The Balaban J connectivity index is 1.52. The molecule has 2 fully saturated rings. The van der Waals surface area contributed by atoms with Crippen molar-refractivity contribution in [2.24, 2.45) is 0 Å². The average molecular weight is 242 g/mol. The average Bonchev–Trinajstić information content (AvgIpc) is 2.99. The van der Waals surface area contributed by atoms with Crippen molar-refractivity contribution in [3.8, 4) is 0 Å². The molecule has 0 aromatic rings. The van der Waals surface area contributed by atoms with Gasteiger partial charge in [-0.2, -0.15) is 0 Å². The predicted molar refractivity (Wildman–Crippen MR) is 63.8 cm³/mol. The summed E-state index contributed by atoms with van der Waals surface area (Å²) in [6.07, 6.45) is 3.57. The van der Waals surface area contributed by atoms with Crippen LogP contribution in [0.25, 0.3) is 0 Å². The van der Waals surface area contributed by atoms with E-state index in [0.29, 0.717) is 25.8 Å². The van der Waals surface area contributed by atoms with Crippen LogP contribution in [0.3, 0.4) is 0 Å². The van der Waals surface area contributed by atoms with Gasteiger partial charge in [0.05, 0.1) is 25.9 Å². The van der Waals surface area contributed by atoms with Crippen molar-refractivity contribution in [2.75, 3.05) is 26.4 Å². The third-order valence-corrected chi connectivity index (χ3v) is 3.01. The summed E-state index contributed by atoms with van der Waals surface area (Å²) in [5.74, 6) is 0.0515. The summed E-state index contributed by atoms with van der Waals surface area (Å²) in [7, 11) is 0. The van der Waals surface area contributed by atoms with Crippen molar-refractivity contribution >= 4 is 5.91 Å². The van der Waals surface area contributed by atoms with Crippen molar-refractivity contribution < 1.29 is 14.3 Å². The van der Waals surface area contributed by atoms with Crippen LogP contribution in [0.1, 0.15) is 26.2 Å². The van der Waals surface area contributed by atoms with Crippen LogP contribution in [0.4, 0.5) is 0 Å². The van der Waals surface area contributed by atoms with Gasteiger partial charge in [0.1, 0.15) is 0 Å². The molecule has 0 spiro atoms. The van der Waals surface area contributed by atoms with E-state index in [-0.39, 0.29) is 18.1 Å². The van der Waals surface area contributed by atoms with Crippen molar-refractivity contribution in [2.45, 2.75) is 44.4 Å². The monoisotopic (exact) mass is 242 g/mol. The first-order chi connectivity index (χ1) is 8.24. The number of rotatable bonds is 7. The van der Waals surface area contributed by atoms with E-state index in [0.717, 1.165) is 13.0 Å². The number of hydrogen-bond acceptors (Lipinski definition) is 4. The van der Waals surface area contributed by atoms with Crippen LogP contribution < -0.4 is 10.6 Å². The second-order valence-corrected chi connectivity index (χ2v) is 4.94. The molecule has 2 rings (SSSR count). The van der Waals surface area contributed by atoms with E-state index in [1.807, 2.05) is 6.92 Å². The van der Waals surface area contributed by atoms with Gasteiger partial charge in [-0.3, -0.25) is 4.79 Å². The first-order valence-corrected chi connectivity index (χ1v) is 6.46. The molecular formula is C12H22N2O3. The van der Waals surface area contributed by atoms with Crippen LogP contribution in [-0.4, -0.2) is 50.5 Å². The third kappa shape index (κ3) is 5.02. The van der Waals surface area contributed by atoms with Crippen LogP contribution in [0, 0.1) is 0 Å². The predicted octanol–water partition coefficient (Wildman–Crippen LogP) is 0.0486. The van der Waals surface area contributed by atoms with Gasteiger partial charge in [0.15, 0.2) is 0 Å². The molecule has 2 atom stereocenters. The smallest absolute Gasteiger partial charge is 0.234 e. The van der Waals surface area contributed by atoms with Gasteiger partial charge < -0.3 is 20.1 Å². The third-order valence-electron chi connectivity index (χ3n) is 3.01. The quantitative estimate of drug-likeness (QED) is 0.662. The van der Waals surface area contributed by atoms with Gasteiger partial charge in [0, 0.05) is 18.7 Å². The molecule has 0 radical (unpaired) electrons. The Hall–Kier alpha value is -0.650. The first-order valence-electron chi connectivity index (χ1n) is 6.46. The standard InChI is InChI=1S/C12H22N2O3/c1-9(7-17-11-4-5-16-8-11)14-12(15)6-13-10-2-3-10/h9-11,13H,2-8H2,1H3,(H,14,15). The van der Waals surface area contributed by atoms with E-state index < -0.39 is 0 Å². The van der Waals surface area contributed by atoms with E-state index in [4.69, 9.17) is 9.47 Å². The zero-order valence-corrected chi connectivity index (χ0v) is 10.4. The molecule has 1 amide bonds. The summed E-state index contributed by atoms with van der Waals surface area (Å²) in [6.45, 7) is 4.41. The lowest BCUT2D eigenvalue weighted by molar-refractivity contribution is -0.121. The molecule has 0 bridgehead atoms. The number of amides is 1. The number of hydrogen-bond donors (Lipinski definition) is 2. The van der Waals surface area contributed by atoms with E-state index in [1.165, 1.54) is 12.8 Å². The molecule has 1 aliphatic carbocycles. The summed E-state index contributed by atoms with van der Waals surface area (Å²) in [4.78, 5) is 11.5. The molecule has 0 aromatic carbocycles. The second-order valence-electron chi connectivity index (χ2n) is 4.94. The fourth-order valence-corrected chi connectivity index (χ4v) is 1.82. The van der Waals surface area contributed by atoms with Gasteiger partial charge in [-0.05, 0) is 26.2 Å². The Bertz CT molecular complexity index is 250. The maximum absolute atomic E-state index is 11.5. The minimum absolute atomic E-state index is 0.0515. The Morgan fingerprint density at radius 2 is 2.29 bits per heavy atom. The molecule has 2 N–H and O–H groups in total. The lowest BCUT2D eigenvalue weighted by Crippen LogP contribution is -2.42. The molecular weight excluding hydrogens is 220 g/mol. The number of carbonyl (C=O) groups excluding carboxylic acids is 1. The lowest BCUT2D eigenvalue weighted by atomic mass is 10.3. The van der Waals surface area contributed by atoms with Gasteiger partial charge in [-0.25, -0.2) is 0 Å². The highest BCUT2D eigenvalue weighted by Crippen LogP contribution is 2.17. The van der Waals surface area contributed by atoms with Crippen molar-refractivity contribution in [1.29, 1.82) is 0 Å². The number of ether oxygens (including phenoxy) is 2. The van der Waals surface area contributed by atoms with E-state index in [1.54, 1.807) is 0 Å². The molecule has 1 saturated carbocycles. The molecule has 17 heavy (non-hydrogen) atoms. The van der Waals surface area contributed by atoms with Gasteiger partial charge in [-0.15, -0.1) is 0 Å². The summed E-state index contributed by atoms with van der Waals surface area (Å²) in [5, 5.41) is 6.11. The van der Waals surface area contributed by atoms with Gasteiger partial charge in [0.2, 0.25) is 5.91 Å².